The number of rotatable bonds is 5. The standard InChI is InChI=1S/C15H28F2/c1-5-12(8-6-10(2)3)13-9-7-11(4)14(16)15(13)17/h10-15H,5-9H2,1-4H3. The second kappa shape index (κ2) is 6.70. The van der Waals surface area contributed by atoms with Gasteiger partial charge in [-0.1, -0.05) is 40.5 Å². The van der Waals surface area contributed by atoms with E-state index >= 15 is 0 Å². The van der Waals surface area contributed by atoms with E-state index in [1.807, 2.05) is 6.92 Å². The molecule has 0 aromatic heterocycles. The second-order valence-corrected chi connectivity index (χ2v) is 6.25. The van der Waals surface area contributed by atoms with Crippen molar-refractivity contribution in [2.75, 3.05) is 0 Å². The van der Waals surface area contributed by atoms with Gasteiger partial charge in [0, 0.05) is 0 Å². The molecule has 0 nitrogen and oxygen atoms in total. The van der Waals surface area contributed by atoms with Crippen LogP contribution in [0.1, 0.15) is 59.8 Å². The first-order chi connectivity index (χ1) is 7.97. The van der Waals surface area contributed by atoms with Gasteiger partial charge in [-0.15, -0.1) is 0 Å². The molecule has 1 rings (SSSR count). The van der Waals surface area contributed by atoms with Gasteiger partial charge in [-0.2, -0.15) is 0 Å². The lowest BCUT2D eigenvalue weighted by Gasteiger charge is -2.37. The molecule has 1 saturated carbocycles. The summed E-state index contributed by atoms with van der Waals surface area (Å²) < 4.78 is 27.8. The third-order valence-electron chi connectivity index (χ3n) is 4.46. The molecule has 2 heteroatoms. The number of alkyl halides is 2. The maximum absolute atomic E-state index is 14.1. The highest BCUT2D eigenvalue weighted by Gasteiger charge is 2.40. The highest BCUT2D eigenvalue weighted by Crippen LogP contribution is 2.40. The molecule has 1 fully saturated rings. The molecule has 1 aliphatic carbocycles. The van der Waals surface area contributed by atoms with Crippen LogP contribution in [0.2, 0.25) is 0 Å². The van der Waals surface area contributed by atoms with Crippen molar-refractivity contribution in [2.45, 2.75) is 72.1 Å². The molecule has 17 heavy (non-hydrogen) atoms. The molecule has 0 heterocycles. The van der Waals surface area contributed by atoms with Crippen LogP contribution in [0.4, 0.5) is 8.78 Å². The zero-order valence-electron chi connectivity index (χ0n) is 11.8. The van der Waals surface area contributed by atoms with E-state index in [-0.39, 0.29) is 11.8 Å². The van der Waals surface area contributed by atoms with Crippen LogP contribution >= 0.6 is 0 Å². The van der Waals surface area contributed by atoms with E-state index in [0.717, 1.165) is 32.1 Å². The van der Waals surface area contributed by atoms with Gasteiger partial charge in [0.05, 0.1) is 0 Å². The van der Waals surface area contributed by atoms with Crippen molar-refractivity contribution in [3.8, 4) is 0 Å². The first kappa shape index (κ1) is 14.9. The minimum Gasteiger partial charge on any atom is -0.244 e. The van der Waals surface area contributed by atoms with E-state index in [4.69, 9.17) is 0 Å². The Morgan fingerprint density at radius 3 is 2.24 bits per heavy atom. The zero-order valence-corrected chi connectivity index (χ0v) is 11.8. The van der Waals surface area contributed by atoms with Crippen LogP contribution in [0, 0.1) is 23.7 Å². The van der Waals surface area contributed by atoms with Crippen molar-refractivity contribution in [3.05, 3.63) is 0 Å². The number of hydrogen-bond donors (Lipinski definition) is 0. The molecule has 0 amide bonds. The monoisotopic (exact) mass is 246 g/mol. The summed E-state index contributed by atoms with van der Waals surface area (Å²) in [7, 11) is 0. The Hall–Kier alpha value is -0.140. The van der Waals surface area contributed by atoms with Crippen molar-refractivity contribution in [1.82, 2.24) is 0 Å². The molecule has 1 aliphatic rings. The molecule has 0 N–H and O–H groups in total. The topological polar surface area (TPSA) is 0 Å². The van der Waals surface area contributed by atoms with Crippen LogP contribution in [-0.2, 0) is 0 Å². The van der Waals surface area contributed by atoms with Crippen molar-refractivity contribution in [1.29, 1.82) is 0 Å². The van der Waals surface area contributed by atoms with Crippen LogP contribution in [-0.4, -0.2) is 12.3 Å². The summed E-state index contributed by atoms with van der Waals surface area (Å²) in [5.74, 6) is 0.901. The Balaban J connectivity index is 2.56. The summed E-state index contributed by atoms with van der Waals surface area (Å²) in [6.45, 7) is 8.34. The lowest BCUT2D eigenvalue weighted by atomic mass is 9.71. The van der Waals surface area contributed by atoms with E-state index in [1.54, 1.807) is 0 Å². The highest BCUT2D eigenvalue weighted by atomic mass is 19.2. The summed E-state index contributed by atoms with van der Waals surface area (Å²) in [6, 6.07) is 0. The maximum Gasteiger partial charge on any atom is 0.134 e. The average molecular weight is 246 g/mol. The van der Waals surface area contributed by atoms with Crippen molar-refractivity contribution in [2.24, 2.45) is 23.7 Å². The van der Waals surface area contributed by atoms with Gasteiger partial charge in [0.25, 0.3) is 0 Å². The van der Waals surface area contributed by atoms with Crippen LogP contribution in [0.25, 0.3) is 0 Å². The van der Waals surface area contributed by atoms with E-state index in [9.17, 15) is 8.78 Å². The van der Waals surface area contributed by atoms with Crippen LogP contribution in [0.15, 0.2) is 0 Å². The van der Waals surface area contributed by atoms with E-state index in [1.165, 1.54) is 0 Å². The Morgan fingerprint density at radius 2 is 1.71 bits per heavy atom. The van der Waals surface area contributed by atoms with Gasteiger partial charge in [0.1, 0.15) is 12.3 Å². The van der Waals surface area contributed by atoms with Gasteiger partial charge in [0.2, 0.25) is 0 Å². The Bertz CT molecular complexity index is 215. The quantitative estimate of drug-likeness (QED) is 0.627. The molecular formula is C15H28F2. The van der Waals surface area contributed by atoms with Crippen molar-refractivity contribution in [3.63, 3.8) is 0 Å². The van der Waals surface area contributed by atoms with Gasteiger partial charge in [0.15, 0.2) is 0 Å². The minimum absolute atomic E-state index is 0.0371. The first-order valence-electron chi connectivity index (χ1n) is 7.25. The van der Waals surface area contributed by atoms with Crippen LogP contribution in [0.5, 0.6) is 0 Å². The largest absolute Gasteiger partial charge is 0.244 e. The van der Waals surface area contributed by atoms with Crippen LogP contribution in [0.3, 0.4) is 0 Å². The fraction of sp³-hybridized carbons (Fsp3) is 1.00. The molecule has 0 saturated heterocycles. The first-order valence-corrected chi connectivity index (χ1v) is 7.25. The predicted octanol–water partition coefficient (Wildman–Crippen LogP) is 5.17. The van der Waals surface area contributed by atoms with E-state index in [2.05, 4.69) is 20.8 Å². The Kier molecular flexibility index (Phi) is 5.88. The Labute approximate surface area is 105 Å². The lowest BCUT2D eigenvalue weighted by Crippen LogP contribution is -2.40. The molecule has 0 aromatic carbocycles. The summed E-state index contributed by atoms with van der Waals surface area (Å²) in [4.78, 5) is 0. The average Bonchev–Trinajstić information content (AvgIpc) is 2.29. The normalized spacial score (nSPS) is 36.2. The van der Waals surface area contributed by atoms with Crippen LogP contribution < -0.4 is 0 Å². The third-order valence-corrected chi connectivity index (χ3v) is 4.46. The lowest BCUT2D eigenvalue weighted by molar-refractivity contribution is 0.00109. The molecule has 5 atom stereocenters. The summed E-state index contributed by atoms with van der Waals surface area (Å²) in [5, 5.41) is 0. The summed E-state index contributed by atoms with van der Waals surface area (Å²) >= 11 is 0. The smallest absolute Gasteiger partial charge is 0.134 e. The highest BCUT2D eigenvalue weighted by molar-refractivity contribution is 4.89. The molecule has 0 aromatic rings. The molecule has 5 unspecified atom stereocenters. The third kappa shape index (κ3) is 3.93. The predicted molar refractivity (Wildman–Crippen MR) is 69.5 cm³/mol. The van der Waals surface area contributed by atoms with Crippen molar-refractivity contribution < 1.29 is 8.78 Å². The minimum atomic E-state index is -1.23. The van der Waals surface area contributed by atoms with E-state index < -0.39 is 12.3 Å². The molecule has 0 radical (unpaired) electrons. The SMILES string of the molecule is CCC(CCC(C)C)C1CCC(C)C(F)C1F. The number of halogens is 2. The molecule has 0 bridgehead atoms. The summed E-state index contributed by atoms with van der Waals surface area (Å²) in [5.41, 5.74) is 0. The van der Waals surface area contributed by atoms with Gasteiger partial charge in [-0.3, -0.25) is 0 Å². The van der Waals surface area contributed by atoms with Gasteiger partial charge < -0.3 is 0 Å². The summed E-state index contributed by atoms with van der Waals surface area (Å²) in [6.07, 6.45) is 2.44. The molecule has 0 aliphatic heterocycles. The second-order valence-electron chi connectivity index (χ2n) is 6.25. The fourth-order valence-corrected chi connectivity index (χ4v) is 3.09. The van der Waals surface area contributed by atoms with Crippen molar-refractivity contribution >= 4 is 0 Å². The fourth-order valence-electron chi connectivity index (χ4n) is 3.09. The van der Waals surface area contributed by atoms with Gasteiger partial charge in [-0.05, 0) is 42.9 Å². The zero-order chi connectivity index (χ0) is 13.0. The molecule has 0 spiro atoms. The number of hydrogen-bond acceptors (Lipinski definition) is 0. The molecular weight excluding hydrogens is 218 g/mol. The van der Waals surface area contributed by atoms with Gasteiger partial charge in [-0.25, -0.2) is 8.78 Å². The van der Waals surface area contributed by atoms with Gasteiger partial charge >= 0.3 is 0 Å². The van der Waals surface area contributed by atoms with E-state index in [0.29, 0.717) is 11.8 Å². The Morgan fingerprint density at radius 1 is 1.06 bits per heavy atom. The maximum atomic E-state index is 14.1. The molecule has 102 valence electrons.